The van der Waals surface area contributed by atoms with Gasteiger partial charge in [0.25, 0.3) is 5.84 Å². The van der Waals surface area contributed by atoms with Crippen molar-refractivity contribution in [2.45, 2.75) is 27.7 Å². The number of nitrogens with one attached hydrogen (secondary N) is 1. The van der Waals surface area contributed by atoms with Crippen LogP contribution in [0.25, 0.3) is 0 Å². The van der Waals surface area contributed by atoms with Gasteiger partial charge in [-0.1, -0.05) is 48.3 Å². The molecule has 1 N–H and O–H groups in total. The number of carbonyl (C=O) groups is 3. The van der Waals surface area contributed by atoms with Crippen LogP contribution in [0.5, 0.6) is 0 Å². The molecule has 8 nitrogen and oxygen atoms in total. The van der Waals surface area contributed by atoms with Crippen LogP contribution in [0.4, 0.5) is 10.5 Å². The van der Waals surface area contributed by atoms with Crippen LogP contribution >= 0.6 is 11.8 Å². The molecule has 0 saturated carbocycles. The van der Waals surface area contributed by atoms with Gasteiger partial charge in [0.1, 0.15) is 5.04 Å². The Bertz CT molecular complexity index is 1030. The highest BCUT2D eigenvalue weighted by Crippen LogP contribution is 2.26. The third kappa shape index (κ3) is 4.21. The van der Waals surface area contributed by atoms with E-state index in [0.29, 0.717) is 16.7 Å². The number of thioether (sulfide) groups is 1. The van der Waals surface area contributed by atoms with Crippen LogP contribution < -0.4 is 5.32 Å². The Morgan fingerprint density at radius 3 is 2.60 bits per heavy atom. The van der Waals surface area contributed by atoms with Crippen LogP contribution in [-0.2, 0) is 9.59 Å². The number of hydrogen-bond acceptors (Lipinski definition) is 6. The highest BCUT2D eigenvalue weighted by molar-refractivity contribution is 8.14. The number of amidine groups is 2. The number of carbonyl (C=O) groups excluding carboxylic acids is 3. The first-order valence-corrected chi connectivity index (χ1v) is 10.7. The molecule has 0 radical (unpaired) electrons. The molecule has 1 aromatic rings. The summed E-state index contributed by atoms with van der Waals surface area (Å²) in [6.45, 7) is 7.82. The second-order valence-electron chi connectivity index (χ2n) is 7.76. The summed E-state index contributed by atoms with van der Waals surface area (Å²) in [5.74, 6) is -0.354. The Morgan fingerprint density at radius 2 is 1.97 bits per heavy atom. The van der Waals surface area contributed by atoms with Crippen molar-refractivity contribution in [3.05, 3.63) is 29.3 Å². The molecule has 2 heterocycles. The number of nitrogens with zero attached hydrogens (tertiary/aromatic N) is 4. The minimum Gasteiger partial charge on any atom is -0.325 e. The topological polar surface area (TPSA) is 94.2 Å². The Morgan fingerprint density at radius 1 is 1.27 bits per heavy atom. The number of aryl methyl sites for hydroxylation is 2. The minimum absolute atomic E-state index is 0.0105. The lowest BCUT2D eigenvalue weighted by molar-refractivity contribution is -0.407. The molecule has 0 aliphatic carbocycles. The van der Waals surface area contributed by atoms with Crippen molar-refractivity contribution in [2.75, 3.05) is 25.2 Å². The predicted octanol–water partition coefficient (Wildman–Crippen LogP) is 2.69. The van der Waals surface area contributed by atoms with Crippen molar-refractivity contribution in [3.8, 4) is 0 Å². The number of benzene rings is 1. The summed E-state index contributed by atoms with van der Waals surface area (Å²) < 4.78 is 1.37. The zero-order valence-corrected chi connectivity index (χ0v) is 18.8. The van der Waals surface area contributed by atoms with E-state index in [0.717, 1.165) is 21.7 Å². The van der Waals surface area contributed by atoms with Gasteiger partial charge >= 0.3 is 11.9 Å². The van der Waals surface area contributed by atoms with E-state index in [-0.39, 0.29) is 23.5 Å². The minimum atomic E-state index is -0.779. The Hall–Kier alpha value is -2.81. The lowest BCUT2D eigenvalue weighted by atomic mass is 10.0. The molecule has 1 atom stereocenters. The number of imide groups is 1. The number of amides is 4. The van der Waals surface area contributed by atoms with Crippen molar-refractivity contribution >= 4 is 52.0 Å². The normalized spacial score (nSPS) is 19.0. The first-order chi connectivity index (χ1) is 14.1. The van der Waals surface area contributed by atoms with Gasteiger partial charge in [0, 0.05) is 11.6 Å². The molecule has 1 aromatic carbocycles. The van der Waals surface area contributed by atoms with E-state index >= 15 is 0 Å². The lowest BCUT2D eigenvalue weighted by Gasteiger charge is -2.26. The van der Waals surface area contributed by atoms with E-state index < -0.39 is 11.9 Å². The summed E-state index contributed by atoms with van der Waals surface area (Å²) in [5.41, 5.74) is 2.86. The fourth-order valence-electron chi connectivity index (χ4n) is 3.24. The molecule has 30 heavy (non-hydrogen) atoms. The third-order valence-corrected chi connectivity index (χ3v) is 6.01. The number of fused-ring (bicyclic) bond motifs is 1. The van der Waals surface area contributed by atoms with Gasteiger partial charge in [-0.2, -0.15) is 9.48 Å². The fourth-order valence-corrected chi connectivity index (χ4v) is 4.13. The number of urea groups is 1. The first-order valence-electron chi connectivity index (χ1n) is 9.69. The van der Waals surface area contributed by atoms with Crippen LogP contribution in [-0.4, -0.2) is 63.9 Å². The zero-order valence-electron chi connectivity index (χ0n) is 18.0. The van der Waals surface area contributed by atoms with E-state index in [1.54, 1.807) is 7.05 Å². The summed E-state index contributed by atoms with van der Waals surface area (Å²) in [5, 5.41) is 3.39. The van der Waals surface area contributed by atoms with Crippen LogP contribution in [0.2, 0.25) is 0 Å². The molecule has 158 valence electrons. The maximum Gasteiger partial charge on any atom is 0.445 e. The molecule has 2 aliphatic heterocycles. The molecule has 0 saturated heterocycles. The van der Waals surface area contributed by atoms with Crippen molar-refractivity contribution in [2.24, 2.45) is 21.8 Å². The molecule has 3 rings (SSSR count). The molecular formula is C21H26N5O3S+. The maximum atomic E-state index is 12.8. The first kappa shape index (κ1) is 21.9. The van der Waals surface area contributed by atoms with Crippen molar-refractivity contribution in [1.82, 2.24) is 4.90 Å². The zero-order chi connectivity index (χ0) is 22.2. The Kier molecular flexibility index (Phi) is 6.21. The Labute approximate surface area is 180 Å². The standard InChI is InChI=1S/C21H25N5O3S/c1-11(2)17-23-18-16(20(28)26(6)21(29)25(18)5)19(24-17)30-10-15(27)22-14-8-7-12(3)9-13(14)4/h7-9,11,16H,10H2,1-6H3/p+1. The summed E-state index contributed by atoms with van der Waals surface area (Å²) in [6, 6.07) is 5.39. The molecule has 2 aliphatic rings. The number of rotatable bonds is 4. The highest BCUT2D eigenvalue weighted by atomic mass is 32.2. The van der Waals surface area contributed by atoms with Crippen molar-refractivity contribution < 1.29 is 19.0 Å². The van der Waals surface area contributed by atoms with Gasteiger partial charge in [-0.05, 0) is 25.5 Å². The second-order valence-corrected chi connectivity index (χ2v) is 8.76. The monoisotopic (exact) mass is 428 g/mol. The van der Waals surface area contributed by atoms with Crippen LogP contribution in [0, 0.1) is 25.7 Å². The molecular weight excluding hydrogens is 402 g/mol. The average molecular weight is 429 g/mol. The van der Waals surface area contributed by atoms with Crippen LogP contribution in [0.3, 0.4) is 0 Å². The van der Waals surface area contributed by atoms with Crippen molar-refractivity contribution in [3.63, 3.8) is 0 Å². The van der Waals surface area contributed by atoms with Gasteiger partial charge in [0.2, 0.25) is 11.7 Å². The number of anilines is 1. The predicted molar refractivity (Wildman–Crippen MR) is 120 cm³/mol. The molecule has 0 bridgehead atoms. The summed E-state index contributed by atoms with van der Waals surface area (Å²) >= 11 is 1.20. The molecule has 1 unspecified atom stereocenters. The van der Waals surface area contributed by atoms with Gasteiger partial charge in [-0.15, -0.1) is 0 Å². The lowest BCUT2D eigenvalue weighted by Crippen LogP contribution is -2.55. The van der Waals surface area contributed by atoms with Gasteiger partial charge in [0.15, 0.2) is 5.92 Å². The van der Waals surface area contributed by atoms with Gasteiger partial charge in [0.05, 0.1) is 19.8 Å². The summed E-state index contributed by atoms with van der Waals surface area (Å²) in [7, 11) is 3.03. The summed E-state index contributed by atoms with van der Waals surface area (Å²) in [6.07, 6.45) is 0. The fraction of sp³-hybridized carbons (Fsp3) is 0.429. The molecule has 0 spiro atoms. The Balaban J connectivity index is 1.83. The van der Waals surface area contributed by atoms with E-state index in [4.69, 9.17) is 0 Å². The van der Waals surface area contributed by atoms with E-state index in [2.05, 4.69) is 15.3 Å². The quantitative estimate of drug-likeness (QED) is 0.746. The second kappa shape index (κ2) is 8.51. The van der Waals surface area contributed by atoms with Crippen LogP contribution in [0.1, 0.15) is 25.0 Å². The number of aliphatic imine (C=N–C) groups is 2. The number of hydrogen-bond donors (Lipinski definition) is 1. The van der Waals surface area contributed by atoms with Crippen LogP contribution in [0.15, 0.2) is 28.2 Å². The smallest absolute Gasteiger partial charge is 0.325 e. The van der Waals surface area contributed by atoms with Gasteiger partial charge in [-0.25, -0.2) is 9.79 Å². The highest BCUT2D eigenvalue weighted by Gasteiger charge is 2.49. The van der Waals surface area contributed by atoms with E-state index in [1.165, 1.54) is 23.4 Å². The SMILES string of the molecule is Cc1ccc(NC(=O)CSC2=NC(C(C)C)=NC3=[N+](C)C(=O)N(C)C(=O)C23)c(C)c1. The van der Waals surface area contributed by atoms with E-state index in [9.17, 15) is 14.4 Å². The molecule has 0 aromatic heterocycles. The van der Waals surface area contributed by atoms with Gasteiger partial charge < -0.3 is 5.32 Å². The van der Waals surface area contributed by atoms with E-state index in [1.807, 2.05) is 45.9 Å². The molecule has 0 fully saturated rings. The average Bonchev–Trinajstić information content (AvgIpc) is 2.70. The molecule has 9 heteroatoms. The largest absolute Gasteiger partial charge is 0.445 e. The summed E-state index contributed by atoms with van der Waals surface area (Å²) in [4.78, 5) is 47.8. The third-order valence-electron chi connectivity index (χ3n) is 4.98. The maximum absolute atomic E-state index is 12.8. The van der Waals surface area contributed by atoms with Gasteiger partial charge in [-0.3, -0.25) is 9.59 Å². The molecule has 4 amide bonds. The van der Waals surface area contributed by atoms with Crippen molar-refractivity contribution in [1.29, 1.82) is 0 Å².